The third-order valence-electron chi connectivity index (χ3n) is 2.06. The first-order chi connectivity index (χ1) is 6.15. The summed E-state index contributed by atoms with van der Waals surface area (Å²) in [5, 5.41) is 10.1. The van der Waals surface area contributed by atoms with Crippen LogP contribution in [0.1, 0.15) is 13.8 Å². The Bertz CT molecular complexity index is 124. The average molecular weight is 254 g/mol. The normalized spacial score (nSPS) is 16.2. The van der Waals surface area contributed by atoms with Crippen LogP contribution in [0, 0.1) is 0 Å². The largest absolute Gasteiger partial charge is 0.391 e. The summed E-state index contributed by atoms with van der Waals surface area (Å²) in [6.45, 7) is 6.55. The van der Waals surface area contributed by atoms with E-state index in [0.717, 1.165) is 6.54 Å². The van der Waals surface area contributed by atoms with Gasteiger partial charge in [0.2, 0.25) is 0 Å². The molecule has 1 N–H and O–H groups in total. The van der Waals surface area contributed by atoms with Gasteiger partial charge in [-0.05, 0) is 13.5 Å². The monoisotopic (exact) mass is 253 g/mol. The molecule has 0 aliphatic carbocycles. The van der Waals surface area contributed by atoms with Gasteiger partial charge in [0, 0.05) is 25.0 Å². The van der Waals surface area contributed by atoms with E-state index in [9.17, 15) is 5.11 Å². The van der Waals surface area contributed by atoms with Gasteiger partial charge in [-0.2, -0.15) is 0 Å². The molecular weight excluding hydrogens is 234 g/mol. The maximum absolute atomic E-state index is 9.45. The summed E-state index contributed by atoms with van der Waals surface area (Å²) in [5.41, 5.74) is 0. The molecule has 0 spiro atoms. The van der Waals surface area contributed by atoms with Gasteiger partial charge < -0.3 is 9.84 Å². The zero-order valence-electron chi connectivity index (χ0n) is 8.66. The van der Waals surface area contributed by atoms with Crippen LogP contribution in [0.3, 0.4) is 0 Å². The fraction of sp³-hybridized carbons (Fsp3) is 1.00. The van der Waals surface area contributed by atoms with Gasteiger partial charge in [0.1, 0.15) is 0 Å². The van der Waals surface area contributed by atoms with Crippen LogP contribution in [0.25, 0.3) is 0 Å². The van der Waals surface area contributed by atoms with Crippen molar-refractivity contribution in [2.24, 2.45) is 0 Å². The lowest BCUT2D eigenvalue weighted by Crippen LogP contribution is -2.41. The summed E-state index contributed by atoms with van der Waals surface area (Å²) in [6.07, 6.45) is -0.292. The molecule has 4 heteroatoms. The van der Waals surface area contributed by atoms with E-state index in [1.807, 2.05) is 0 Å². The SMILES string of the molecule is CCN(CC(O)CBr)C(C)COC. The highest BCUT2D eigenvalue weighted by Crippen LogP contribution is 2.02. The Morgan fingerprint density at radius 1 is 1.54 bits per heavy atom. The zero-order chi connectivity index (χ0) is 10.3. The molecule has 0 saturated heterocycles. The number of nitrogens with zero attached hydrogens (tertiary/aromatic N) is 1. The summed E-state index contributed by atoms with van der Waals surface area (Å²) in [7, 11) is 1.70. The number of methoxy groups -OCH3 is 1. The number of likely N-dealkylation sites (N-methyl/N-ethyl adjacent to an activating group) is 1. The predicted molar refractivity (Wildman–Crippen MR) is 58.4 cm³/mol. The molecule has 0 saturated carbocycles. The van der Waals surface area contributed by atoms with Crippen molar-refractivity contribution in [1.29, 1.82) is 0 Å². The van der Waals surface area contributed by atoms with E-state index >= 15 is 0 Å². The first-order valence-corrected chi connectivity index (χ1v) is 5.74. The van der Waals surface area contributed by atoms with Crippen LogP contribution in [-0.2, 0) is 4.74 Å². The Labute approximate surface area is 89.2 Å². The lowest BCUT2D eigenvalue weighted by Gasteiger charge is -2.28. The number of hydrogen-bond acceptors (Lipinski definition) is 3. The molecule has 0 fully saturated rings. The summed E-state index contributed by atoms with van der Waals surface area (Å²) in [5.74, 6) is 0. The van der Waals surface area contributed by atoms with Crippen LogP contribution >= 0.6 is 15.9 Å². The van der Waals surface area contributed by atoms with E-state index in [1.165, 1.54) is 0 Å². The van der Waals surface area contributed by atoms with Crippen molar-refractivity contribution in [1.82, 2.24) is 4.90 Å². The minimum atomic E-state index is -0.292. The molecule has 0 aliphatic heterocycles. The maximum Gasteiger partial charge on any atom is 0.0763 e. The Morgan fingerprint density at radius 3 is 2.54 bits per heavy atom. The number of aliphatic hydroxyl groups is 1. The number of aliphatic hydroxyl groups excluding tert-OH is 1. The minimum Gasteiger partial charge on any atom is -0.391 e. The van der Waals surface area contributed by atoms with Crippen LogP contribution in [0.5, 0.6) is 0 Å². The summed E-state index contributed by atoms with van der Waals surface area (Å²) >= 11 is 3.25. The molecule has 0 radical (unpaired) electrons. The molecule has 0 bridgehead atoms. The van der Waals surface area contributed by atoms with Crippen LogP contribution in [0.15, 0.2) is 0 Å². The van der Waals surface area contributed by atoms with Crippen LogP contribution in [-0.4, -0.2) is 54.3 Å². The van der Waals surface area contributed by atoms with Crippen LogP contribution < -0.4 is 0 Å². The molecule has 0 aliphatic rings. The second-order valence-corrected chi connectivity index (χ2v) is 3.85. The molecule has 0 amide bonds. The second-order valence-electron chi connectivity index (χ2n) is 3.20. The van der Waals surface area contributed by atoms with Gasteiger partial charge in [-0.25, -0.2) is 0 Å². The Kier molecular flexibility index (Phi) is 7.95. The van der Waals surface area contributed by atoms with Gasteiger partial charge in [0.15, 0.2) is 0 Å². The molecule has 13 heavy (non-hydrogen) atoms. The Morgan fingerprint density at radius 2 is 2.15 bits per heavy atom. The van der Waals surface area contributed by atoms with Crippen molar-refractivity contribution in [3.8, 4) is 0 Å². The third-order valence-corrected chi connectivity index (χ3v) is 2.81. The second kappa shape index (κ2) is 7.74. The van der Waals surface area contributed by atoms with E-state index in [1.54, 1.807) is 7.11 Å². The first-order valence-electron chi connectivity index (χ1n) is 4.62. The van der Waals surface area contributed by atoms with Crippen molar-refractivity contribution in [2.45, 2.75) is 26.0 Å². The van der Waals surface area contributed by atoms with Crippen LogP contribution in [0.4, 0.5) is 0 Å². The van der Waals surface area contributed by atoms with Crippen molar-refractivity contribution in [3.05, 3.63) is 0 Å². The number of hydrogen-bond donors (Lipinski definition) is 1. The number of alkyl halides is 1. The fourth-order valence-corrected chi connectivity index (χ4v) is 1.49. The molecule has 2 unspecified atom stereocenters. The van der Waals surface area contributed by atoms with Crippen molar-refractivity contribution >= 4 is 15.9 Å². The Balaban J connectivity index is 3.86. The first kappa shape index (κ1) is 13.4. The average Bonchev–Trinajstić information content (AvgIpc) is 2.14. The molecule has 0 aromatic heterocycles. The molecule has 2 atom stereocenters. The topological polar surface area (TPSA) is 32.7 Å². The highest BCUT2D eigenvalue weighted by molar-refractivity contribution is 9.09. The van der Waals surface area contributed by atoms with E-state index in [2.05, 4.69) is 34.7 Å². The molecular formula is C9H20BrNO2. The maximum atomic E-state index is 9.45. The third kappa shape index (κ3) is 5.62. The van der Waals surface area contributed by atoms with Crippen molar-refractivity contribution < 1.29 is 9.84 Å². The predicted octanol–water partition coefficient (Wildman–Crippen LogP) is 1.10. The standard InChI is InChI=1S/C9H20BrNO2/c1-4-11(6-9(12)5-10)8(2)7-13-3/h8-9,12H,4-7H2,1-3H3. The van der Waals surface area contributed by atoms with E-state index < -0.39 is 0 Å². The summed E-state index contributed by atoms with van der Waals surface area (Å²) in [6, 6.07) is 0.365. The zero-order valence-corrected chi connectivity index (χ0v) is 10.2. The van der Waals surface area contributed by atoms with E-state index in [-0.39, 0.29) is 6.10 Å². The molecule has 0 heterocycles. The van der Waals surface area contributed by atoms with E-state index in [4.69, 9.17) is 4.74 Å². The van der Waals surface area contributed by atoms with Crippen molar-refractivity contribution in [3.63, 3.8) is 0 Å². The Hall–Kier alpha value is 0.360. The molecule has 0 aromatic carbocycles. The number of rotatable bonds is 7. The summed E-state index contributed by atoms with van der Waals surface area (Å²) < 4.78 is 5.07. The van der Waals surface area contributed by atoms with Gasteiger partial charge in [-0.1, -0.05) is 22.9 Å². The van der Waals surface area contributed by atoms with Crippen molar-refractivity contribution in [2.75, 3.05) is 32.1 Å². The molecule has 0 aromatic rings. The minimum absolute atomic E-state index is 0.292. The van der Waals surface area contributed by atoms with Gasteiger partial charge in [-0.15, -0.1) is 0 Å². The van der Waals surface area contributed by atoms with E-state index in [0.29, 0.717) is 24.5 Å². The molecule has 0 rings (SSSR count). The van der Waals surface area contributed by atoms with Gasteiger partial charge in [0.05, 0.1) is 12.7 Å². The fourth-order valence-electron chi connectivity index (χ4n) is 1.29. The van der Waals surface area contributed by atoms with Gasteiger partial charge in [0.25, 0.3) is 0 Å². The molecule has 80 valence electrons. The molecule has 3 nitrogen and oxygen atoms in total. The smallest absolute Gasteiger partial charge is 0.0763 e. The number of ether oxygens (including phenoxy) is 1. The highest BCUT2D eigenvalue weighted by Gasteiger charge is 2.14. The number of halogens is 1. The summed E-state index contributed by atoms with van der Waals surface area (Å²) in [4.78, 5) is 2.20. The highest BCUT2D eigenvalue weighted by atomic mass is 79.9. The quantitative estimate of drug-likeness (QED) is 0.690. The lowest BCUT2D eigenvalue weighted by atomic mass is 10.2. The lowest BCUT2D eigenvalue weighted by molar-refractivity contribution is 0.0668. The van der Waals surface area contributed by atoms with Crippen LogP contribution in [0.2, 0.25) is 0 Å². The van der Waals surface area contributed by atoms with Gasteiger partial charge >= 0.3 is 0 Å². The van der Waals surface area contributed by atoms with Gasteiger partial charge in [-0.3, -0.25) is 4.90 Å².